The summed E-state index contributed by atoms with van der Waals surface area (Å²) in [6.07, 6.45) is 4.48. The highest BCUT2D eigenvalue weighted by molar-refractivity contribution is 7.25. The number of anilines is 1. The zero-order valence-electron chi connectivity index (χ0n) is 15.1. The van der Waals surface area contributed by atoms with Crippen LogP contribution >= 0.6 is 11.3 Å². The van der Waals surface area contributed by atoms with E-state index in [-0.39, 0.29) is 5.56 Å². The van der Waals surface area contributed by atoms with Crippen LogP contribution in [-0.2, 0) is 0 Å². The molecule has 0 spiro atoms. The molecule has 3 aromatic heterocycles. The second-order valence-electron chi connectivity index (χ2n) is 6.47. The van der Waals surface area contributed by atoms with Crippen molar-refractivity contribution in [2.45, 2.75) is 20.3 Å². The van der Waals surface area contributed by atoms with Gasteiger partial charge >= 0.3 is 0 Å². The zero-order chi connectivity index (χ0) is 18.3. The van der Waals surface area contributed by atoms with Gasteiger partial charge in [-0.3, -0.25) is 9.36 Å². The van der Waals surface area contributed by atoms with Crippen LogP contribution in [0, 0.1) is 6.92 Å². The molecule has 4 aromatic rings. The maximum Gasteiger partial charge on any atom is 0.275 e. The quantitative estimate of drug-likeness (QED) is 0.546. The Labute approximate surface area is 155 Å². The van der Waals surface area contributed by atoms with Crippen LogP contribution in [0.1, 0.15) is 18.9 Å². The Morgan fingerprint density at radius 1 is 1.15 bits per heavy atom. The van der Waals surface area contributed by atoms with E-state index in [1.54, 1.807) is 17.1 Å². The number of fused-ring (bicyclic) bond motifs is 3. The van der Waals surface area contributed by atoms with Crippen molar-refractivity contribution in [3.63, 3.8) is 0 Å². The van der Waals surface area contributed by atoms with Crippen LogP contribution in [0.5, 0.6) is 0 Å². The van der Waals surface area contributed by atoms with E-state index in [9.17, 15) is 4.79 Å². The molecule has 1 aromatic carbocycles. The summed E-state index contributed by atoms with van der Waals surface area (Å²) in [4.78, 5) is 25.3. The molecule has 0 aliphatic heterocycles. The molecule has 0 saturated carbocycles. The number of nitrogens with zero attached hydrogens (tertiary/aromatic N) is 4. The van der Waals surface area contributed by atoms with E-state index in [0.717, 1.165) is 45.6 Å². The summed E-state index contributed by atoms with van der Waals surface area (Å²) >= 11 is 1.42. The van der Waals surface area contributed by atoms with E-state index in [4.69, 9.17) is 0 Å². The fourth-order valence-electron chi connectivity index (χ4n) is 3.20. The van der Waals surface area contributed by atoms with Crippen LogP contribution in [0.25, 0.3) is 26.1 Å². The smallest absolute Gasteiger partial charge is 0.275 e. The van der Waals surface area contributed by atoms with E-state index >= 15 is 0 Å². The van der Waals surface area contributed by atoms with Gasteiger partial charge in [-0.05, 0) is 31.5 Å². The van der Waals surface area contributed by atoms with E-state index < -0.39 is 0 Å². The third-order valence-electron chi connectivity index (χ3n) is 4.54. The highest BCUT2D eigenvalue weighted by atomic mass is 32.1. The Morgan fingerprint density at radius 2 is 1.92 bits per heavy atom. The lowest BCUT2D eigenvalue weighted by molar-refractivity contribution is 0.855. The molecule has 132 valence electrons. The first-order valence-corrected chi connectivity index (χ1v) is 9.49. The Balaban J connectivity index is 1.97. The molecule has 26 heavy (non-hydrogen) atoms. The molecule has 0 saturated heterocycles. The lowest BCUT2D eigenvalue weighted by atomic mass is 10.2. The molecule has 0 bridgehead atoms. The molecule has 5 nitrogen and oxygen atoms in total. The van der Waals surface area contributed by atoms with E-state index in [1.165, 1.54) is 11.3 Å². The number of pyridine rings is 1. The number of hydrogen-bond acceptors (Lipinski definition) is 5. The van der Waals surface area contributed by atoms with Crippen molar-refractivity contribution < 1.29 is 0 Å². The summed E-state index contributed by atoms with van der Waals surface area (Å²) < 4.78 is 2.25. The molecule has 0 aliphatic rings. The highest BCUT2D eigenvalue weighted by Crippen LogP contribution is 2.35. The minimum absolute atomic E-state index is 0.0500. The molecule has 0 radical (unpaired) electrons. The van der Waals surface area contributed by atoms with Crippen molar-refractivity contribution in [3.8, 4) is 5.69 Å². The second kappa shape index (κ2) is 6.53. The van der Waals surface area contributed by atoms with Gasteiger partial charge in [0.15, 0.2) is 0 Å². The Hall–Kier alpha value is -2.73. The maximum absolute atomic E-state index is 13.1. The Morgan fingerprint density at radius 3 is 2.65 bits per heavy atom. The van der Waals surface area contributed by atoms with Gasteiger partial charge in [-0.15, -0.1) is 11.3 Å². The summed E-state index contributed by atoms with van der Waals surface area (Å²) in [5, 5.41) is 0.969. The summed E-state index contributed by atoms with van der Waals surface area (Å²) in [6.45, 7) is 5.12. The van der Waals surface area contributed by atoms with Crippen LogP contribution in [-0.4, -0.2) is 28.1 Å². The van der Waals surface area contributed by atoms with Crippen LogP contribution in [0.2, 0.25) is 0 Å². The average Bonchev–Trinajstić information content (AvgIpc) is 3.03. The molecular weight excluding hydrogens is 344 g/mol. The largest absolute Gasteiger partial charge is 0.374 e. The van der Waals surface area contributed by atoms with Crippen molar-refractivity contribution in [3.05, 3.63) is 58.8 Å². The van der Waals surface area contributed by atoms with Crippen molar-refractivity contribution in [2.24, 2.45) is 0 Å². The first-order chi connectivity index (χ1) is 12.6. The molecule has 3 heterocycles. The standard InChI is InChI=1S/C20H20N4OS/c1-4-11-23(3)15-9-10-21-19-16(15)17-18(26-19)20(25)24(12-22-17)14-7-5-13(2)6-8-14/h5-10,12H,4,11H2,1-3H3. The topological polar surface area (TPSA) is 51.0 Å². The number of benzene rings is 1. The molecule has 0 atom stereocenters. The number of hydrogen-bond donors (Lipinski definition) is 0. The predicted octanol–water partition coefficient (Wildman–Crippen LogP) is 4.15. The summed E-state index contributed by atoms with van der Waals surface area (Å²) in [5.74, 6) is 0. The minimum atomic E-state index is -0.0500. The van der Waals surface area contributed by atoms with Crippen LogP contribution in [0.15, 0.2) is 47.7 Å². The van der Waals surface area contributed by atoms with Crippen molar-refractivity contribution in [2.75, 3.05) is 18.5 Å². The molecule has 0 N–H and O–H groups in total. The SMILES string of the molecule is CCCN(C)c1ccnc2sc3c(=O)n(-c4ccc(C)cc4)cnc3c12. The monoisotopic (exact) mass is 364 g/mol. The van der Waals surface area contributed by atoms with Crippen molar-refractivity contribution >= 4 is 37.5 Å². The summed E-state index contributed by atoms with van der Waals surface area (Å²) in [7, 11) is 2.06. The normalized spacial score (nSPS) is 11.3. The number of aromatic nitrogens is 3. The average molecular weight is 364 g/mol. The summed E-state index contributed by atoms with van der Waals surface area (Å²) in [5.41, 5.74) is 3.74. The third-order valence-corrected chi connectivity index (χ3v) is 5.62. The van der Waals surface area contributed by atoms with Gasteiger partial charge in [0.25, 0.3) is 5.56 Å². The zero-order valence-corrected chi connectivity index (χ0v) is 15.9. The van der Waals surface area contributed by atoms with E-state index in [1.807, 2.05) is 37.3 Å². The molecule has 0 aliphatic carbocycles. The Kier molecular flexibility index (Phi) is 4.20. The van der Waals surface area contributed by atoms with Gasteiger partial charge in [-0.2, -0.15) is 0 Å². The molecule has 0 amide bonds. The van der Waals surface area contributed by atoms with Crippen molar-refractivity contribution in [1.82, 2.24) is 14.5 Å². The highest BCUT2D eigenvalue weighted by Gasteiger charge is 2.17. The van der Waals surface area contributed by atoms with Crippen molar-refractivity contribution in [1.29, 1.82) is 0 Å². The minimum Gasteiger partial charge on any atom is -0.374 e. The van der Waals surface area contributed by atoms with Crippen LogP contribution in [0.3, 0.4) is 0 Å². The lowest BCUT2D eigenvalue weighted by Crippen LogP contribution is -2.19. The first kappa shape index (κ1) is 16.7. The van der Waals surface area contributed by atoms with Gasteiger partial charge in [-0.1, -0.05) is 24.6 Å². The van der Waals surface area contributed by atoms with Gasteiger partial charge in [0.2, 0.25) is 0 Å². The van der Waals surface area contributed by atoms with Gasteiger partial charge in [-0.25, -0.2) is 9.97 Å². The third kappa shape index (κ3) is 2.66. The van der Waals surface area contributed by atoms with Crippen LogP contribution in [0.4, 0.5) is 5.69 Å². The molecular formula is C20H20N4OS. The molecule has 0 fully saturated rings. The number of rotatable bonds is 4. The molecule has 4 rings (SSSR count). The van der Waals surface area contributed by atoms with Gasteiger partial charge < -0.3 is 4.90 Å². The molecule has 6 heteroatoms. The fraction of sp³-hybridized carbons (Fsp3) is 0.250. The number of aryl methyl sites for hydroxylation is 1. The van der Waals surface area contributed by atoms with E-state index in [2.05, 4.69) is 28.8 Å². The summed E-state index contributed by atoms with van der Waals surface area (Å²) in [6, 6.07) is 9.87. The van der Waals surface area contributed by atoms with Gasteiger partial charge in [0.05, 0.1) is 16.8 Å². The van der Waals surface area contributed by atoms with E-state index in [0.29, 0.717) is 4.70 Å². The lowest BCUT2D eigenvalue weighted by Gasteiger charge is -2.19. The van der Waals surface area contributed by atoms with Crippen LogP contribution < -0.4 is 10.5 Å². The number of thiophene rings is 1. The Bertz CT molecular complexity index is 1140. The fourth-order valence-corrected chi connectivity index (χ4v) is 4.25. The van der Waals surface area contributed by atoms with Gasteiger partial charge in [0, 0.05) is 19.8 Å². The first-order valence-electron chi connectivity index (χ1n) is 8.67. The maximum atomic E-state index is 13.1. The second-order valence-corrected chi connectivity index (χ2v) is 7.47. The van der Waals surface area contributed by atoms with Gasteiger partial charge in [0.1, 0.15) is 21.4 Å². The molecule has 0 unspecified atom stereocenters. The predicted molar refractivity (Wildman–Crippen MR) is 109 cm³/mol.